The van der Waals surface area contributed by atoms with Gasteiger partial charge in [-0.25, -0.2) is 4.98 Å². The third-order valence-corrected chi connectivity index (χ3v) is 3.39. The van der Waals surface area contributed by atoms with Crippen molar-refractivity contribution in [3.8, 4) is 5.75 Å². The third kappa shape index (κ3) is 2.79. The lowest BCUT2D eigenvalue weighted by atomic mass is 10.0. The van der Waals surface area contributed by atoms with Crippen molar-refractivity contribution in [2.45, 2.75) is 19.3 Å². The molecule has 0 saturated heterocycles. The first-order chi connectivity index (χ1) is 7.78. The van der Waals surface area contributed by atoms with Gasteiger partial charge in [0.05, 0.1) is 13.3 Å². The lowest BCUT2D eigenvalue weighted by Crippen LogP contribution is -2.16. The highest BCUT2D eigenvalue weighted by atomic mass is 35.5. The second kappa shape index (κ2) is 4.91. The minimum Gasteiger partial charge on any atom is -0.495 e. The zero-order chi connectivity index (χ0) is 11.4. The maximum Gasteiger partial charge on any atom is 0.137 e. The van der Waals surface area contributed by atoms with Gasteiger partial charge in [-0.2, -0.15) is 0 Å². The number of hydrogen-bond donors (Lipinski definition) is 1. The second-order valence-corrected chi connectivity index (χ2v) is 4.75. The number of anilines is 1. The molecule has 1 aromatic heterocycles. The summed E-state index contributed by atoms with van der Waals surface area (Å²) in [5.74, 6) is 2.44. The molecular weight excluding hydrogens is 224 g/mol. The van der Waals surface area contributed by atoms with Crippen LogP contribution in [0.3, 0.4) is 0 Å². The Morgan fingerprint density at radius 3 is 2.81 bits per heavy atom. The van der Waals surface area contributed by atoms with E-state index in [-0.39, 0.29) is 0 Å². The van der Waals surface area contributed by atoms with Crippen LogP contribution in [0, 0.1) is 5.41 Å². The van der Waals surface area contributed by atoms with E-state index in [1.54, 1.807) is 13.3 Å². The van der Waals surface area contributed by atoms with Crippen LogP contribution < -0.4 is 10.1 Å². The summed E-state index contributed by atoms with van der Waals surface area (Å²) in [6.07, 6.45) is 5.38. The van der Waals surface area contributed by atoms with Crippen LogP contribution in [0.1, 0.15) is 19.3 Å². The highest BCUT2D eigenvalue weighted by Crippen LogP contribution is 2.48. The fourth-order valence-electron chi connectivity index (χ4n) is 1.78. The quantitative estimate of drug-likeness (QED) is 0.777. The minimum atomic E-state index is 0.434. The Labute approximate surface area is 101 Å². The number of methoxy groups -OCH3 is 1. The molecule has 1 aromatic rings. The van der Waals surface area contributed by atoms with Gasteiger partial charge >= 0.3 is 0 Å². The molecular formula is C12H17ClN2O. The lowest BCUT2D eigenvalue weighted by Gasteiger charge is -2.14. The predicted octanol–water partition coefficient (Wildman–Crippen LogP) is 2.91. The van der Waals surface area contributed by atoms with Gasteiger partial charge in [0.25, 0.3) is 0 Å². The number of hydrogen-bond acceptors (Lipinski definition) is 3. The Balaban J connectivity index is 1.85. The highest BCUT2D eigenvalue weighted by molar-refractivity contribution is 6.17. The Bertz CT molecular complexity index is 335. The van der Waals surface area contributed by atoms with Gasteiger partial charge < -0.3 is 10.1 Å². The summed E-state index contributed by atoms with van der Waals surface area (Å²) in [5.41, 5.74) is 0.434. The standard InChI is InChI=1S/C12H17ClN2O/c1-16-10-2-3-11(14-8-10)15-9-12(4-5-12)6-7-13/h2-3,8H,4-7,9H2,1H3,(H,14,15). The van der Waals surface area contributed by atoms with E-state index in [4.69, 9.17) is 16.3 Å². The van der Waals surface area contributed by atoms with Gasteiger partial charge in [0.15, 0.2) is 0 Å². The maximum atomic E-state index is 5.79. The molecule has 1 aliphatic carbocycles. The number of alkyl halides is 1. The number of halogens is 1. The van der Waals surface area contributed by atoms with E-state index in [0.29, 0.717) is 5.41 Å². The SMILES string of the molecule is COc1ccc(NCC2(CCCl)CC2)nc1. The van der Waals surface area contributed by atoms with E-state index in [1.807, 2.05) is 12.1 Å². The molecule has 1 N–H and O–H groups in total. The van der Waals surface area contributed by atoms with Crippen molar-refractivity contribution in [1.82, 2.24) is 4.98 Å². The monoisotopic (exact) mass is 240 g/mol. The molecule has 0 atom stereocenters. The van der Waals surface area contributed by atoms with Gasteiger partial charge in [-0.1, -0.05) is 0 Å². The van der Waals surface area contributed by atoms with Crippen molar-refractivity contribution in [3.05, 3.63) is 18.3 Å². The number of aromatic nitrogens is 1. The fourth-order valence-corrected chi connectivity index (χ4v) is 2.18. The first-order valence-electron chi connectivity index (χ1n) is 5.58. The van der Waals surface area contributed by atoms with Crippen LogP contribution in [-0.2, 0) is 0 Å². The molecule has 88 valence electrons. The van der Waals surface area contributed by atoms with Crippen molar-refractivity contribution in [1.29, 1.82) is 0 Å². The zero-order valence-corrected chi connectivity index (χ0v) is 10.3. The maximum absolute atomic E-state index is 5.79. The smallest absolute Gasteiger partial charge is 0.137 e. The number of nitrogens with one attached hydrogen (secondary N) is 1. The molecule has 1 aliphatic rings. The van der Waals surface area contributed by atoms with Crippen molar-refractivity contribution in [2.75, 3.05) is 24.9 Å². The fraction of sp³-hybridized carbons (Fsp3) is 0.583. The van der Waals surface area contributed by atoms with Crippen LogP contribution in [-0.4, -0.2) is 24.5 Å². The van der Waals surface area contributed by atoms with Gasteiger partial charge in [-0.05, 0) is 36.8 Å². The third-order valence-electron chi connectivity index (χ3n) is 3.20. The summed E-state index contributed by atoms with van der Waals surface area (Å²) < 4.78 is 5.06. The first-order valence-corrected chi connectivity index (χ1v) is 6.11. The van der Waals surface area contributed by atoms with Crippen molar-refractivity contribution in [2.24, 2.45) is 5.41 Å². The molecule has 0 spiro atoms. The Hall–Kier alpha value is -0.960. The van der Waals surface area contributed by atoms with Crippen LogP contribution in [0.25, 0.3) is 0 Å². The van der Waals surface area contributed by atoms with Gasteiger partial charge in [-0.15, -0.1) is 11.6 Å². The van der Waals surface area contributed by atoms with E-state index in [9.17, 15) is 0 Å². The first kappa shape index (κ1) is 11.5. The van der Waals surface area contributed by atoms with Gasteiger partial charge in [0, 0.05) is 12.4 Å². The Morgan fingerprint density at radius 2 is 2.31 bits per heavy atom. The van der Waals surface area contributed by atoms with Crippen molar-refractivity contribution in [3.63, 3.8) is 0 Å². The largest absolute Gasteiger partial charge is 0.495 e. The summed E-state index contributed by atoms with van der Waals surface area (Å²) in [5, 5.41) is 3.36. The van der Waals surface area contributed by atoms with Crippen LogP contribution in [0.15, 0.2) is 18.3 Å². The zero-order valence-electron chi connectivity index (χ0n) is 9.50. The van der Waals surface area contributed by atoms with Gasteiger partial charge in [-0.3, -0.25) is 0 Å². The molecule has 2 rings (SSSR count). The molecule has 4 heteroatoms. The molecule has 0 radical (unpaired) electrons. The van der Waals surface area contributed by atoms with Crippen LogP contribution in [0.4, 0.5) is 5.82 Å². The summed E-state index contributed by atoms with van der Waals surface area (Å²) in [4.78, 5) is 4.27. The van der Waals surface area contributed by atoms with E-state index in [1.165, 1.54) is 12.8 Å². The van der Waals surface area contributed by atoms with E-state index in [0.717, 1.165) is 30.4 Å². The predicted molar refractivity (Wildman–Crippen MR) is 66.3 cm³/mol. The lowest BCUT2D eigenvalue weighted by molar-refractivity contribution is 0.413. The number of ether oxygens (including phenoxy) is 1. The van der Waals surface area contributed by atoms with E-state index < -0.39 is 0 Å². The summed E-state index contributed by atoms with van der Waals surface area (Å²) in [6, 6.07) is 3.85. The molecule has 1 saturated carbocycles. The number of nitrogens with zero attached hydrogens (tertiary/aromatic N) is 1. The number of pyridine rings is 1. The van der Waals surface area contributed by atoms with Crippen molar-refractivity contribution >= 4 is 17.4 Å². The van der Waals surface area contributed by atoms with Gasteiger partial charge in [0.1, 0.15) is 11.6 Å². The normalized spacial score (nSPS) is 16.9. The molecule has 0 bridgehead atoms. The molecule has 0 aliphatic heterocycles. The average Bonchev–Trinajstić information content (AvgIpc) is 3.08. The van der Waals surface area contributed by atoms with E-state index >= 15 is 0 Å². The molecule has 1 fully saturated rings. The van der Waals surface area contributed by atoms with Crippen LogP contribution >= 0.6 is 11.6 Å². The molecule has 16 heavy (non-hydrogen) atoms. The van der Waals surface area contributed by atoms with Crippen LogP contribution in [0.2, 0.25) is 0 Å². The Kier molecular flexibility index (Phi) is 3.54. The minimum absolute atomic E-state index is 0.434. The molecule has 0 aromatic carbocycles. The van der Waals surface area contributed by atoms with Crippen LogP contribution in [0.5, 0.6) is 5.75 Å². The van der Waals surface area contributed by atoms with Gasteiger partial charge in [0.2, 0.25) is 0 Å². The average molecular weight is 241 g/mol. The van der Waals surface area contributed by atoms with Crippen molar-refractivity contribution < 1.29 is 4.74 Å². The second-order valence-electron chi connectivity index (χ2n) is 4.38. The highest BCUT2D eigenvalue weighted by Gasteiger charge is 2.41. The molecule has 0 amide bonds. The molecule has 1 heterocycles. The molecule has 3 nitrogen and oxygen atoms in total. The summed E-state index contributed by atoms with van der Waals surface area (Å²) >= 11 is 5.79. The molecule has 0 unspecified atom stereocenters. The summed E-state index contributed by atoms with van der Waals surface area (Å²) in [6.45, 7) is 0.971. The summed E-state index contributed by atoms with van der Waals surface area (Å²) in [7, 11) is 1.64. The topological polar surface area (TPSA) is 34.1 Å². The number of rotatable bonds is 6. The Morgan fingerprint density at radius 1 is 1.50 bits per heavy atom. The van der Waals surface area contributed by atoms with E-state index in [2.05, 4.69) is 10.3 Å².